The Morgan fingerprint density at radius 2 is 1.96 bits per heavy atom. The third kappa shape index (κ3) is 4.63. The lowest BCUT2D eigenvalue weighted by Gasteiger charge is -2.17. The van der Waals surface area contributed by atoms with Gasteiger partial charge in [0, 0.05) is 16.5 Å². The highest BCUT2D eigenvalue weighted by Crippen LogP contribution is 2.18. The molecule has 120 valence electrons. The largest absolute Gasteiger partial charge is 0.467 e. The summed E-state index contributed by atoms with van der Waals surface area (Å²) < 4.78 is 18.8. The highest BCUT2D eigenvalue weighted by molar-refractivity contribution is 9.10. The van der Waals surface area contributed by atoms with Crippen molar-refractivity contribution in [2.75, 3.05) is 7.11 Å². The zero-order valence-electron chi connectivity index (χ0n) is 12.4. The lowest BCUT2D eigenvalue weighted by atomic mass is 10.1. The first-order chi connectivity index (χ1) is 11.0. The van der Waals surface area contributed by atoms with Gasteiger partial charge in [-0.05, 0) is 29.8 Å². The van der Waals surface area contributed by atoms with Crippen LogP contribution in [-0.2, 0) is 16.0 Å². The van der Waals surface area contributed by atoms with E-state index in [1.54, 1.807) is 0 Å². The number of rotatable bonds is 5. The van der Waals surface area contributed by atoms with Crippen LogP contribution >= 0.6 is 15.9 Å². The fraction of sp³-hybridized carbons (Fsp3) is 0.176. The van der Waals surface area contributed by atoms with Gasteiger partial charge in [-0.1, -0.05) is 40.2 Å². The molecule has 0 unspecified atom stereocenters. The van der Waals surface area contributed by atoms with E-state index in [0.717, 1.165) is 16.1 Å². The van der Waals surface area contributed by atoms with E-state index in [1.165, 1.54) is 25.3 Å². The average Bonchev–Trinajstić information content (AvgIpc) is 2.55. The van der Waals surface area contributed by atoms with Crippen LogP contribution in [0.25, 0.3) is 0 Å². The Labute approximate surface area is 141 Å². The van der Waals surface area contributed by atoms with Gasteiger partial charge in [-0.15, -0.1) is 0 Å². The quantitative estimate of drug-likeness (QED) is 0.812. The second-order valence-corrected chi connectivity index (χ2v) is 5.71. The third-order valence-electron chi connectivity index (χ3n) is 3.26. The second-order valence-electron chi connectivity index (χ2n) is 4.86. The smallest absolute Gasteiger partial charge is 0.328 e. The van der Waals surface area contributed by atoms with Crippen molar-refractivity contribution in [1.82, 2.24) is 5.32 Å². The Morgan fingerprint density at radius 1 is 1.22 bits per heavy atom. The Balaban J connectivity index is 2.17. The summed E-state index contributed by atoms with van der Waals surface area (Å²) in [5.74, 6) is -1.62. The van der Waals surface area contributed by atoms with E-state index in [0.29, 0.717) is 0 Å². The molecule has 0 aliphatic rings. The Kier molecular flexibility index (Phi) is 5.87. The standard InChI is InChI=1S/C17H15BrFNO3/c1-23-17(22)15(10-11-5-2-3-8-14(11)18)20-16(21)12-6-4-7-13(19)9-12/h2-9,15H,10H2,1H3,(H,20,21)/t15-/m0/s1. The number of carbonyl (C=O) groups is 2. The van der Waals surface area contributed by atoms with Crippen LogP contribution < -0.4 is 5.32 Å². The van der Waals surface area contributed by atoms with E-state index in [4.69, 9.17) is 4.74 Å². The Hall–Kier alpha value is -2.21. The average molecular weight is 380 g/mol. The van der Waals surface area contributed by atoms with Crippen LogP contribution in [0.1, 0.15) is 15.9 Å². The van der Waals surface area contributed by atoms with Crippen molar-refractivity contribution in [2.24, 2.45) is 0 Å². The summed E-state index contributed by atoms with van der Waals surface area (Å²) in [7, 11) is 1.25. The van der Waals surface area contributed by atoms with Gasteiger partial charge in [0.15, 0.2) is 0 Å². The number of ether oxygens (including phenoxy) is 1. The van der Waals surface area contributed by atoms with Crippen molar-refractivity contribution >= 4 is 27.8 Å². The molecule has 4 nitrogen and oxygen atoms in total. The molecule has 0 saturated heterocycles. The first-order valence-corrected chi connectivity index (χ1v) is 7.68. The van der Waals surface area contributed by atoms with Gasteiger partial charge < -0.3 is 10.1 Å². The first kappa shape index (κ1) is 17.1. The third-order valence-corrected chi connectivity index (χ3v) is 4.03. The molecule has 0 aliphatic carbocycles. The minimum atomic E-state index is -0.866. The lowest BCUT2D eigenvalue weighted by molar-refractivity contribution is -0.142. The highest BCUT2D eigenvalue weighted by atomic mass is 79.9. The van der Waals surface area contributed by atoms with E-state index < -0.39 is 23.7 Å². The van der Waals surface area contributed by atoms with Gasteiger partial charge in [0.2, 0.25) is 0 Å². The molecule has 0 saturated carbocycles. The van der Waals surface area contributed by atoms with Crippen molar-refractivity contribution < 1.29 is 18.7 Å². The van der Waals surface area contributed by atoms with Gasteiger partial charge in [0.25, 0.3) is 5.91 Å². The first-order valence-electron chi connectivity index (χ1n) is 6.89. The molecule has 2 rings (SSSR count). The fourth-order valence-corrected chi connectivity index (χ4v) is 2.54. The van der Waals surface area contributed by atoms with E-state index in [-0.39, 0.29) is 12.0 Å². The normalized spacial score (nSPS) is 11.6. The maximum atomic E-state index is 13.2. The number of amides is 1. The van der Waals surface area contributed by atoms with Gasteiger partial charge >= 0.3 is 5.97 Å². The molecule has 2 aromatic carbocycles. The molecule has 1 atom stereocenters. The molecular weight excluding hydrogens is 365 g/mol. The molecule has 6 heteroatoms. The van der Waals surface area contributed by atoms with Crippen LogP contribution in [-0.4, -0.2) is 25.0 Å². The molecule has 23 heavy (non-hydrogen) atoms. The van der Waals surface area contributed by atoms with Crippen LogP contribution in [0.4, 0.5) is 4.39 Å². The molecule has 0 bridgehead atoms. The summed E-state index contributed by atoms with van der Waals surface area (Å²) in [6.45, 7) is 0. The van der Waals surface area contributed by atoms with Crippen molar-refractivity contribution in [3.63, 3.8) is 0 Å². The van der Waals surface area contributed by atoms with Crippen LogP contribution in [0.3, 0.4) is 0 Å². The van der Waals surface area contributed by atoms with Crippen molar-refractivity contribution in [1.29, 1.82) is 0 Å². The summed E-state index contributed by atoms with van der Waals surface area (Å²) in [6.07, 6.45) is 0.259. The molecule has 0 heterocycles. The highest BCUT2D eigenvalue weighted by Gasteiger charge is 2.23. The van der Waals surface area contributed by atoms with Gasteiger partial charge in [-0.25, -0.2) is 9.18 Å². The summed E-state index contributed by atoms with van der Waals surface area (Å²) in [6, 6.07) is 11.8. The zero-order chi connectivity index (χ0) is 16.8. The van der Waals surface area contributed by atoms with Crippen molar-refractivity contribution in [3.8, 4) is 0 Å². The van der Waals surface area contributed by atoms with Crippen molar-refractivity contribution in [3.05, 3.63) is 69.9 Å². The topological polar surface area (TPSA) is 55.4 Å². The van der Waals surface area contributed by atoms with Gasteiger partial charge in [-0.2, -0.15) is 0 Å². The minimum Gasteiger partial charge on any atom is -0.467 e. The summed E-state index contributed by atoms with van der Waals surface area (Å²) in [4.78, 5) is 24.1. The molecule has 0 spiro atoms. The SMILES string of the molecule is COC(=O)[C@H](Cc1ccccc1Br)NC(=O)c1cccc(F)c1. The number of methoxy groups -OCH3 is 1. The number of esters is 1. The van der Waals surface area contributed by atoms with Crippen LogP contribution in [0.2, 0.25) is 0 Å². The molecule has 0 aliphatic heterocycles. The van der Waals surface area contributed by atoms with Crippen LogP contribution in [0.15, 0.2) is 53.0 Å². The second kappa shape index (κ2) is 7.87. The van der Waals surface area contributed by atoms with Crippen LogP contribution in [0, 0.1) is 5.82 Å². The monoisotopic (exact) mass is 379 g/mol. The fourth-order valence-electron chi connectivity index (χ4n) is 2.09. The molecule has 2 aromatic rings. The maximum Gasteiger partial charge on any atom is 0.328 e. The van der Waals surface area contributed by atoms with E-state index >= 15 is 0 Å². The minimum absolute atomic E-state index is 0.144. The zero-order valence-corrected chi connectivity index (χ0v) is 14.0. The summed E-state index contributed by atoms with van der Waals surface area (Å²) in [5, 5.41) is 2.59. The summed E-state index contributed by atoms with van der Waals surface area (Å²) >= 11 is 3.40. The van der Waals surface area contributed by atoms with Gasteiger partial charge in [0.1, 0.15) is 11.9 Å². The van der Waals surface area contributed by atoms with Gasteiger partial charge in [0.05, 0.1) is 7.11 Å². The number of nitrogens with one attached hydrogen (secondary N) is 1. The predicted octanol–water partition coefficient (Wildman–Crippen LogP) is 3.10. The van der Waals surface area contributed by atoms with E-state index in [2.05, 4.69) is 21.2 Å². The predicted molar refractivity (Wildman–Crippen MR) is 87.5 cm³/mol. The van der Waals surface area contributed by atoms with E-state index in [1.807, 2.05) is 24.3 Å². The summed E-state index contributed by atoms with van der Waals surface area (Å²) in [5.41, 5.74) is 0.994. The van der Waals surface area contributed by atoms with E-state index in [9.17, 15) is 14.0 Å². The molecule has 1 amide bonds. The number of carbonyl (C=O) groups excluding carboxylic acids is 2. The molecule has 0 fully saturated rings. The molecular formula is C17H15BrFNO3. The number of hydrogen-bond acceptors (Lipinski definition) is 3. The maximum absolute atomic E-state index is 13.2. The Morgan fingerprint density at radius 3 is 2.61 bits per heavy atom. The number of halogens is 2. The van der Waals surface area contributed by atoms with Gasteiger partial charge in [-0.3, -0.25) is 4.79 Å². The number of benzene rings is 2. The Bertz CT molecular complexity index is 720. The van der Waals surface area contributed by atoms with Crippen molar-refractivity contribution in [2.45, 2.75) is 12.5 Å². The number of hydrogen-bond donors (Lipinski definition) is 1. The molecule has 1 N–H and O–H groups in total. The molecule has 0 aromatic heterocycles. The van der Waals surface area contributed by atoms with Crippen LogP contribution in [0.5, 0.6) is 0 Å². The lowest BCUT2D eigenvalue weighted by Crippen LogP contribution is -2.43. The molecule has 0 radical (unpaired) electrons.